The fraction of sp³-hybridized carbons (Fsp3) is 0.222. The van der Waals surface area contributed by atoms with Crippen molar-refractivity contribution in [2.24, 2.45) is 0 Å². The van der Waals surface area contributed by atoms with Crippen LogP contribution in [0.3, 0.4) is 0 Å². The van der Waals surface area contributed by atoms with Gasteiger partial charge in [0.2, 0.25) is 0 Å². The first-order chi connectivity index (χ1) is 13.1. The van der Waals surface area contributed by atoms with Gasteiger partial charge in [0.15, 0.2) is 6.61 Å². The topological polar surface area (TPSA) is 98.5 Å². The molecule has 2 aromatic carbocycles. The predicted octanol–water partition coefficient (Wildman–Crippen LogP) is 3.65. The van der Waals surface area contributed by atoms with Gasteiger partial charge in [0.1, 0.15) is 5.69 Å². The fourth-order valence-corrected chi connectivity index (χ4v) is 2.22. The van der Waals surface area contributed by atoms with Crippen LogP contribution in [0.25, 0.3) is 0 Å². The first-order valence-electron chi connectivity index (χ1n) is 7.93. The molecular weight excluding hydrogens is 381 g/mol. The SMILES string of the molecule is Cc1ccc(CC(=O)OCC(=O)Nc2ccc(C(F)(F)F)cc2[N+](=O)[O-])cc1. The third-order valence-electron chi connectivity index (χ3n) is 3.63. The van der Waals surface area contributed by atoms with Crippen molar-refractivity contribution in [3.05, 3.63) is 69.3 Å². The van der Waals surface area contributed by atoms with E-state index in [4.69, 9.17) is 4.74 Å². The Labute approximate surface area is 157 Å². The van der Waals surface area contributed by atoms with Crippen LogP contribution in [-0.2, 0) is 26.9 Å². The Kier molecular flexibility index (Phi) is 6.34. The average molecular weight is 396 g/mol. The number of esters is 1. The number of alkyl halides is 3. The molecule has 148 valence electrons. The number of nitrogens with one attached hydrogen (secondary N) is 1. The molecule has 28 heavy (non-hydrogen) atoms. The normalized spacial score (nSPS) is 11.0. The number of ether oxygens (including phenoxy) is 1. The number of carbonyl (C=O) groups is 2. The standard InChI is InChI=1S/C18H15F3N2O5/c1-11-2-4-12(5-3-11)8-17(25)28-10-16(24)22-14-7-6-13(18(19,20)21)9-15(14)23(26)27/h2-7,9H,8,10H2,1H3,(H,22,24). The number of anilines is 1. The Morgan fingerprint density at radius 2 is 1.79 bits per heavy atom. The molecule has 0 radical (unpaired) electrons. The van der Waals surface area contributed by atoms with Crippen molar-refractivity contribution in [3.8, 4) is 0 Å². The van der Waals surface area contributed by atoms with E-state index in [1.165, 1.54) is 0 Å². The summed E-state index contributed by atoms with van der Waals surface area (Å²) in [5, 5.41) is 13.0. The van der Waals surface area contributed by atoms with Crippen LogP contribution in [-0.4, -0.2) is 23.4 Å². The minimum absolute atomic E-state index is 0.0754. The molecule has 0 aliphatic carbocycles. The Morgan fingerprint density at radius 1 is 1.14 bits per heavy atom. The molecule has 0 saturated heterocycles. The zero-order valence-corrected chi connectivity index (χ0v) is 14.6. The maximum absolute atomic E-state index is 12.7. The van der Waals surface area contributed by atoms with Gasteiger partial charge in [0, 0.05) is 6.07 Å². The molecule has 1 N–H and O–H groups in total. The second kappa shape index (κ2) is 8.51. The summed E-state index contributed by atoms with van der Waals surface area (Å²) < 4.78 is 42.8. The van der Waals surface area contributed by atoms with Crippen LogP contribution in [0.15, 0.2) is 42.5 Å². The molecule has 0 aliphatic rings. The summed E-state index contributed by atoms with van der Waals surface area (Å²) in [6.45, 7) is 1.15. The first kappa shape index (κ1) is 20.9. The summed E-state index contributed by atoms with van der Waals surface area (Å²) in [4.78, 5) is 33.5. The zero-order chi connectivity index (χ0) is 20.9. The number of benzene rings is 2. The number of aryl methyl sites for hydroxylation is 1. The molecule has 0 aliphatic heterocycles. The lowest BCUT2D eigenvalue weighted by Crippen LogP contribution is -2.22. The van der Waals surface area contributed by atoms with Crippen molar-refractivity contribution in [2.75, 3.05) is 11.9 Å². The van der Waals surface area contributed by atoms with E-state index in [9.17, 15) is 32.9 Å². The van der Waals surface area contributed by atoms with Gasteiger partial charge in [-0.15, -0.1) is 0 Å². The number of amides is 1. The molecule has 0 aromatic heterocycles. The van der Waals surface area contributed by atoms with Crippen molar-refractivity contribution in [1.82, 2.24) is 0 Å². The second-order valence-corrected chi connectivity index (χ2v) is 5.86. The van der Waals surface area contributed by atoms with Gasteiger partial charge >= 0.3 is 12.1 Å². The molecule has 2 aromatic rings. The van der Waals surface area contributed by atoms with Crippen LogP contribution in [0.1, 0.15) is 16.7 Å². The third kappa shape index (κ3) is 5.79. The van der Waals surface area contributed by atoms with E-state index in [0.29, 0.717) is 17.7 Å². The second-order valence-electron chi connectivity index (χ2n) is 5.86. The van der Waals surface area contributed by atoms with Gasteiger partial charge in [-0.25, -0.2) is 0 Å². The number of hydrogen-bond donors (Lipinski definition) is 1. The van der Waals surface area contributed by atoms with Crippen molar-refractivity contribution in [1.29, 1.82) is 0 Å². The largest absolute Gasteiger partial charge is 0.455 e. The summed E-state index contributed by atoms with van der Waals surface area (Å²) in [6.07, 6.45) is -4.84. The van der Waals surface area contributed by atoms with Crippen molar-refractivity contribution in [2.45, 2.75) is 19.5 Å². The molecule has 0 atom stereocenters. The maximum atomic E-state index is 12.7. The molecule has 1 amide bonds. The maximum Gasteiger partial charge on any atom is 0.416 e. The number of carbonyl (C=O) groups excluding carboxylic acids is 2. The zero-order valence-electron chi connectivity index (χ0n) is 14.6. The fourth-order valence-electron chi connectivity index (χ4n) is 2.22. The van der Waals surface area contributed by atoms with Crippen LogP contribution >= 0.6 is 0 Å². The van der Waals surface area contributed by atoms with Crippen LogP contribution in [0.4, 0.5) is 24.5 Å². The summed E-state index contributed by atoms with van der Waals surface area (Å²) in [6, 6.07) is 8.75. The highest BCUT2D eigenvalue weighted by Crippen LogP contribution is 2.34. The molecule has 0 fully saturated rings. The Balaban J connectivity index is 1.97. The number of nitro groups is 1. The van der Waals surface area contributed by atoms with Crippen LogP contribution in [0.5, 0.6) is 0 Å². The Hall–Kier alpha value is -3.43. The number of hydrogen-bond acceptors (Lipinski definition) is 5. The van der Waals surface area contributed by atoms with Gasteiger partial charge in [0.05, 0.1) is 16.9 Å². The summed E-state index contributed by atoms with van der Waals surface area (Å²) >= 11 is 0. The molecule has 10 heteroatoms. The average Bonchev–Trinajstić information content (AvgIpc) is 2.61. The van der Waals surface area contributed by atoms with Crippen LogP contribution in [0, 0.1) is 17.0 Å². The minimum atomic E-state index is -4.77. The smallest absolute Gasteiger partial charge is 0.416 e. The van der Waals surface area contributed by atoms with E-state index in [2.05, 4.69) is 5.32 Å². The van der Waals surface area contributed by atoms with Gasteiger partial charge < -0.3 is 10.1 Å². The minimum Gasteiger partial charge on any atom is -0.455 e. The predicted molar refractivity (Wildman–Crippen MR) is 92.6 cm³/mol. The highest BCUT2D eigenvalue weighted by Gasteiger charge is 2.33. The summed E-state index contributed by atoms with van der Waals surface area (Å²) in [5.41, 5.74) is -0.891. The highest BCUT2D eigenvalue weighted by molar-refractivity contribution is 5.95. The van der Waals surface area contributed by atoms with Gasteiger partial charge in [-0.3, -0.25) is 19.7 Å². The highest BCUT2D eigenvalue weighted by atomic mass is 19.4. The van der Waals surface area contributed by atoms with E-state index in [-0.39, 0.29) is 6.42 Å². The van der Waals surface area contributed by atoms with Gasteiger partial charge in [-0.2, -0.15) is 13.2 Å². The van der Waals surface area contributed by atoms with Gasteiger partial charge in [-0.05, 0) is 24.6 Å². The van der Waals surface area contributed by atoms with Crippen molar-refractivity contribution >= 4 is 23.3 Å². The lowest BCUT2D eigenvalue weighted by molar-refractivity contribution is -0.384. The molecule has 0 spiro atoms. The molecule has 0 heterocycles. The van der Waals surface area contributed by atoms with Crippen LogP contribution < -0.4 is 5.32 Å². The van der Waals surface area contributed by atoms with E-state index in [1.54, 1.807) is 24.3 Å². The van der Waals surface area contributed by atoms with E-state index in [0.717, 1.165) is 11.6 Å². The molecule has 0 unspecified atom stereocenters. The van der Waals surface area contributed by atoms with E-state index < -0.39 is 46.5 Å². The number of halogens is 3. The molecular formula is C18H15F3N2O5. The first-order valence-corrected chi connectivity index (χ1v) is 7.93. The lowest BCUT2D eigenvalue weighted by Gasteiger charge is -2.10. The third-order valence-corrected chi connectivity index (χ3v) is 3.63. The number of nitro benzene ring substituents is 1. The van der Waals surface area contributed by atoms with E-state index in [1.807, 2.05) is 6.92 Å². The summed E-state index contributed by atoms with van der Waals surface area (Å²) in [7, 11) is 0. The number of rotatable bonds is 6. The molecule has 0 saturated carbocycles. The monoisotopic (exact) mass is 396 g/mol. The van der Waals surface area contributed by atoms with Crippen molar-refractivity contribution < 1.29 is 32.4 Å². The Bertz CT molecular complexity index is 895. The van der Waals surface area contributed by atoms with Gasteiger partial charge in [-0.1, -0.05) is 29.8 Å². The van der Waals surface area contributed by atoms with E-state index >= 15 is 0 Å². The molecule has 7 nitrogen and oxygen atoms in total. The Morgan fingerprint density at radius 3 is 2.36 bits per heavy atom. The lowest BCUT2D eigenvalue weighted by atomic mass is 10.1. The van der Waals surface area contributed by atoms with Crippen molar-refractivity contribution in [3.63, 3.8) is 0 Å². The quantitative estimate of drug-likeness (QED) is 0.457. The number of nitrogens with zero attached hydrogens (tertiary/aromatic N) is 1. The van der Waals surface area contributed by atoms with Gasteiger partial charge in [0.25, 0.3) is 11.6 Å². The van der Waals surface area contributed by atoms with Crippen LogP contribution in [0.2, 0.25) is 0 Å². The molecule has 0 bridgehead atoms. The summed E-state index contributed by atoms with van der Waals surface area (Å²) in [5.74, 6) is -1.61. The molecule has 2 rings (SSSR count).